The maximum atomic E-state index is 11.0. The van der Waals surface area contributed by atoms with Crippen LogP contribution in [0.3, 0.4) is 0 Å². The van der Waals surface area contributed by atoms with Gasteiger partial charge in [0.2, 0.25) is 5.88 Å². The molecule has 0 bridgehead atoms. The first kappa shape index (κ1) is 20.3. The molecule has 2 atom stereocenters. The van der Waals surface area contributed by atoms with E-state index in [4.69, 9.17) is 25.8 Å². The molecule has 2 heterocycles. The summed E-state index contributed by atoms with van der Waals surface area (Å²) in [7, 11) is 0. The zero-order valence-corrected chi connectivity index (χ0v) is 16.7. The molecule has 1 aliphatic rings. The van der Waals surface area contributed by atoms with Gasteiger partial charge in [-0.05, 0) is 36.6 Å². The quantitative estimate of drug-likeness (QED) is 0.513. The standard InChI is InChI=1S/C21H23ClN2O4/c1-3-26-21-10-8-17(23-24-21)12-16-11-15(7-9-19(16)22)20-6-4-5-18(28-20)13-27-14(2)25/h4-5,7-11,18,20H,3,6,12-13H2,1-2H3/t18-,20-/m0/s1. The third kappa shape index (κ3) is 5.53. The van der Waals surface area contributed by atoms with Gasteiger partial charge in [-0.15, -0.1) is 5.10 Å². The number of hydrogen-bond acceptors (Lipinski definition) is 6. The van der Waals surface area contributed by atoms with Crippen molar-refractivity contribution in [2.24, 2.45) is 0 Å². The summed E-state index contributed by atoms with van der Waals surface area (Å²) < 4.78 is 16.4. The second-order valence-electron chi connectivity index (χ2n) is 6.45. The molecule has 0 saturated heterocycles. The zero-order chi connectivity index (χ0) is 19.9. The minimum Gasteiger partial charge on any atom is -0.477 e. The second kappa shape index (κ2) is 9.66. The number of carbonyl (C=O) groups excluding carboxylic acids is 1. The van der Waals surface area contributed by atoms with Crippen LogP contribution in [0.1, 0.15) is 43.2 Å². The van der Waals surface area contributed by atoms with Crippen LogP contribution in [0.15, 0.2) is 42.5 Å². The zero-order valence-electron chi connectivity index (χ0n) is 15.9. The first-order valence-electron chi connectivity index (χ1n) is 9.24. The predicted molar refractivity (Wildman–Crippen MR) is 105 cm³/mol. The van der Waals surface area contributed by atoms with Gasteiger partial charge in [-0.1, -0.05) is 35.9 Å². The highest BCUT2D eigenvalue weighted by atomic mass is 35.5. The molecule has 7 heteroatoms. The molecule has 2 aromatic rings. The Hall–Kier alpha value is -2.44. The fourth-order valence-corrected chi connectivity index (χ4v) is 3.15. The Labute approximate surface area is 169 Å². The van der Waals surface area contributed by atoms with E-state index < -0.39 is 0 Å². The number of rotatable bonds is 7. The van der Waals surface area contributed by atoms with Crippen LogP contribution in [0.25, 0.3) is 0 Å². The normalized spacial score (nSPS) is 18.7. The first-order chi connectivity index (χ1) is 13.5. The van der Waals surface area contributed by atoms with Crippen molar-refractivity contribution in [2.75, 3.05) is 13.2 Å². The van der Waals surface area contributed by atoms with Crippen molar-refractivity contribution in [3.63, 3.8) is 0 Å². The van der Waals surface area contributed by atoms with Gasteiger partial charge in [-0.3, -0.25) is 4.79 Å². The van der Waals surface area contributed by atoms with Crippen LogP contribution in [0.2, 0.25) is 5.02 Å². The van der Waals surface area contributed by atoms with Crippen molar-refractivity contribution in [3.8, 4) is 5.88 Å². The molecular formula is C21H23ClN2O4. The molecule has 0 aliphatic carbocycles. The summed E-state index contributed by atoms with van der Waals surface area (Å²) >= 11 is 6.39. The van der Waals surface area contributed by atoms with Crippen molar-refractivity contribution in [3.05, 3.63) is 64.3 Å². The van der Waals surface area contributed by atoms with Crippen LogP contribution in [-0.4, -0.2) is 35.5 Å². The highest BCUT2D eigenvalue weighted by Crippen LogP contribution is 2.31. The summed E-state index contributed by atoms with van der Waals surface area (Å²) in [6.07, 6.45) is 4.92. The lowest BCUT2D eigenvalue weighted by atomic mass is 9.99. The maximum absolute atomic E-state index is 11.0. The van der Waals surface area contributed by atoms with Crippen molar-refractivity contribution < 1.29 is 19.0 Å². The number of hydrogen-bond donors (Lipinski definition) is 0. The summed E-state index contributed by atoms with van der Waals surface area (Å²) in [5, 5.41) is 8.93. The molecule has 0 amide bonds. The molecule has 0 spiro atoms. The SMILES string of the molecule is CCOc1ccc(Cc2cc([C@@H]3CC=C[C@@H](COC(C)=O)O3)ccc2Cl)nn1. The van der Waals surface area contributed by atoms with Crippen molar-refractivity contribution in [1.82, 2.24) is 10.2 Å². The molecule has 3 rings (SSSR count). The molecule has 148 valence electrons. The Balaban J connectivity index is 1.70. The fourth-order valence-electron chi connectivity index (χ4n) is 2.97. The highest BCUT2D eigenvalue weighted by molar-refractivity contribution is 6.31. The lowest BCUT2D eigenvalue weighted by Gasteiger charge is -2.26. The Morgan fingerprint density at radius 3 is 2.86 bits per heavy atom. The van der Waals surface area contributed by atoms with Gasteiger partial charge < -0.3 is 14.2 Å². The van der Waals surface area contributed by atoms with E-state index in [0.717, 1.165) is 23.2 Å². The highest BCUT2D eigenvalue weighted by Gasteiger charge is 2.21. The van der Waals surface area contributed by atoms with E-state index in [1.807, 2.05) is 37.3 Å². The number of aromatic nitrogens is 2. The van der Waals surface area contributed by atoms with E-state index in [0.29, 0.717) is 23.9 Å². The lowest BCUT2D eigenvalue weighted by Crippen LogP contribution is -2.24. The molecule has 0 N–H and O–H groups in total. The van der Waals surface area contributed by atoms with Crippen LogP contribution < -0.4 is 4.74 Å². The monoisotopic (exact) mass is 402 g/mol. The van der Waals surface area contributed by atoms with Crippen molar-refractivity contribution >= 4 is 17.6 Å². The second-order valence-corrected chi connectivity index (χ2v) is 6.86. The Morgan fingerprint density at radius 1 is 1.29 bits per heavy atom. The van der Waals surface area contributed by atoms with Crippen molar-refractivity contribution in [2.45, 2.75) is 38.9 Å². The van der Waals surface area contributed by atoms with Crippen molar-refractivity contribution in [1.29, 1.82) is 0 Å². The van der Waals surface area contributed by atoms with Crippen LogP contribution in [0.5, 0.6) is 5.88 Å². The van der Waals surface area contributed by atoms with E-state index >= 15 is 0 Å². The molecule has 1 aromatic carbocycles. The molecule has 0 fully saturated rings. The van der Waals surface area contributed by atoms with Gasteiger partial charge in [-0.2, -0.15) is 5.10 Å². The predicted octanol–water partition coefficient (Wildman–Crippen LogP) is 4.07. The van der Waals surface area contributed by atoms with Gasteiger partial charge in [-0.25, -0.2) is 0 Å². The smallest absolute Gasteiger partial charge is 0.302 e. The summed E-state index contributed by atoms with van der Waals surface area (Å²) in [4.78, 5) is 11.0. The third-order valence-corrected chi connectivity index (χ3v) is 4.66. The van der Waals surface area contributed by atoms with E-state index in [1.54, 1.807) is 6.07 Å². The van der Waals surface area contributed by atoms with Gasteiger partial charge >= 0.3 is 5.97 Å². The van der Waals surface area contributed by atoms with E-state index in [-0.39, 0.29) is 24.8 Å². The number of ether oxygens (including phenoxy) is 3. The Bertz CT molecular complexity index is 839. The largest absolute Gasteiger partial charge is 0.477 e. The molecule has 0 unspecified atom stereocenters. The summed E-state index contributed by atoms with van der Waals surface area (Å²) in [6, 6.07) is 9.56. The summed E-state index contributed by atoms with van der Waals surface area (Å²) in [6.45, 7) is 4.06. The van der Waals surface area contributed by atoms with Crippen LogP contribution in [-0.2, 0) is 20.7 Å². The molecule has 0 radical (unpaired) electrons. The van der Waals surface area contributed by atoms with Gasteiger partial charge in [0.1, 0.15) is 12.7 Å². The molecule has 6 nitrogen and oxygen atoms in total. The van der Waals surface area contributed by atoms with Gasteiger partial charge in [0, 0.05) is 24.4 Å². The molecule has 1 aromatic heterocycles. The minimum atomic E-state index is -0.315. The third-order valence-electron chi connectivity index (χ3n) is 4.29. The molecule has 0 saturated carbocycles. The molecule has 1 aliphatic heterocycles. The maximum Gasteiger partial charge on any atom is 0.302 e. The van der Waals surface area contributed by atoms with Gasteiger partial charge in [0.25, 0.3) is 0 Å². The Morgan fingerprint density at radius 2 is 2.14 bits per heavy atom. The van der Waals surface area contributed by atoms with E-state index in [2.05, 4.69) is 16.3 Å². The molecular weight excluding hydrogens is 380 g/mol. The van der Waals surface area contributed by atoms with E-state index in [9.17, 15) is 4.79 Å². The average molecular weight is 403 g/mol. The number of halogens is 1. The lowest BCUT2D eigenvalue weighted by molar-refractivity contribution is -0.145. The van der Waals surface area contributed by atoms with E-state index in [1.165, 1.54) is 6.92 Å². The number of esters is 1. The van der Waals surface area contributed by atoms with Gasteiger partial charge in [0.15, 0.2) is 0 Å². The van der Waals surface area contributed by atoms with Gasteiger partial charge in [0.05, 0.1) is 18.4 Å². The number of carbonyl (C=O) groups is 1. The topological polar surface area (TPSA) is 70.5 Å². The van der Waals surface area contributed by atoms with Crippen LogP contribution in [0.4, 0.5) is 0 Å². The number of benzene rings is 1. The number of nitrogens with zero attached hydrogens (tertiary/aromatic N) is 2. The molecule has 28 heavy (non-hydrogen) atoms. The van der Waals surface area contributed by atoms with Crippen LogP contribution >= 0.6 is 11.6 Å². The first-order valence-corrected chi connectivity index (χ1v) is 9.62. The summed E-state index contributed by atoms with van der Waals surface area (Å²) in [5.74, 6) is 0.191. The minimum absolute atomic E-state index is 0.118. The fraction of sp³-hybridized carbons (Fsp3) is 0.381. The van der Waals surface area contributed by atoms with Crippen LogP contribution in [0, 0.1) is 0 Å². The average Bonchev–Trinajstić information content (AvgIpc) is 2.70. The Kier molecular flexibility index (Phi) is 7.01. The summed E-state index contributed by atoms with van der Waals surface area (Å²) in [5.41, 5.74) is 2.78.